The quantitative estimate of drug-likeness (QED) is 0.827. The molecule has 4 heteroatoms. The highest BCUT2D eigenvalue weighted by Crippen LogP contribution is 2.22. The number of carboxylic acids is 1. The van der Waals surface area contributed by atoms with Crippen molar-refractivity contribution in [2.75, 3.05) is 13.1 Å². The Morgan fingerprint density at radius 1 is 1.59 bits per heavy atom. The fourth-order valence-electron chi connectivity index (χ4n) is 2.04. The van der Waals surface area contributed by atoms with Crippen molar-refractivity contribution in [1.82, 2.24) is 5.32 Å². The average molecular weight is 235 g/mol. The van der Waals surface area contributed by atoms with Crippen molar-refractivity contribution in [3.63, 3.8) is 0 Å². The van der Waals surface area contributed by atoms with E-state index >= 15 is 0 Å². The zero-order valence-corrected chi connectivity index (χ0v) is 9.90. The molecule has 2 N–H and O–H groups in total. The molecule has 17 heavy (non-hydrogen) atoms. The molecule has 92 valence electrons. The van der Waals surface area contributed by atoms with Gasteiger partial charge in [0, 0.05) is 6.54 Å². The van der Waals surface area contributed by atoms with Gasteiger partial charge in [0.15, 0.2) is 0 Å². The lowest BCUT2D eigenvalue weighted by atomic mass is 10.1. The van der Waals surface area contributed by atoms with Crippen LogP contribution in [0.15, 0.2) is 18.2 Å². The van der Waals surface area contributed by atoms with E-state index in [4.69, 9.17) is 9.84 Å². The second-order valence-electron chi connectivity index (χ2n) is 4.40. The first-order valence-electron chi connectivity index (χ1n) is 5.84. The van der Waals surface area contributed by atoms with E-state index in [1.54, 1.807) is 0 Å². The molecule has 1 saturated heterocycles. The van der Waals surface area contributed by atoms with Crippen molar-refractivity contribution < 1.29 is 14.6 Å². The first-order valence-corrected chi connectivity index (χ1v) is 5.84. The summed E-state index contributed by atoms with van der Waals surface area (Å²) >= 11 is 0. The number of rotatable bonds is 4. The summed E-state index contributed by atoms with van der Waals surface area (Å²) in [6.45, 7) is 3.83. The second kappa shape index (κ2) is 5.19. The van der Waals surface area contributed by atoms with Crippen molar-refractivity contribution in [2.45, 2.75) is 25.9 Å². The van der Waals surface area contributed by atoms with E-state index in [9.17, 15) is 4.79 Å². The SMILES string of the molecule is Cc1cc(CC(=O)O)ccc1OC1CCNC1. The van der Waals surface area contributed by atoms with E-state index in [0.29, 0.717) is 0 Å². The molecule has 1 unspecified atom stereocenters. The fraction of sp³-hybridized carbons (Fsp3) is 0.462. The van der Waals surface area contributed by atoms with Crippen LogP contribution in [0, 0.1) is 6.92 Å². The molecule has 0 aromatic heterocycles. The number of aryl methyl sites for hydroxylation is 1. The highest BCUT2D eigenvalue weighted by Gasteiger charge is 2.16. The van der Waals surface area contributed by atoms with Crippen molar-refractivity contribution in [1.29, 1.82) is 0 Å². The van der Waals surface area contributed by atoms with Crippen LogP contribution < -0.4 is 10.1 Å². The van der Waals surface area contributed by atoms with Crippen LogP contribution in [0.3, 0.4) is 0 Å². The Balaban J connectivity index is 2.05. The normalized spacial score (nSPS) is 19.2. The predicted octanol–water partition coefficient (Wildman–Crippen LogP) is 1.36. The number of nitrogens with one attached hydrogen (secondary N) is 1. The van der Waals surface area contributed by atoms with Gasteiger partial charge >= 0.3 is 5.97 Å². The molecule has 0 radical (unpaired) electrons. The van der Waals surface area contributed by atoms with Gasteiger partial charge in [0.2, 0.25) is 0 Å². The third kappa shape index (κ3) is 3.20. The topological polar surface area (TPSA) is 58.6 Å². The Morgan fingerprint density at radius 2 is 2.41 bits per heavy atom. The summed E-state index contributed by atoms with van der Waals surface area (Å²) in [5.41, 5.74) is 1.81. The van der Waals surface area contributed by atoms with Gasteiger partial charge in [-0.1, -0.05) is 12.1 Å². The van der Waals surface area contributed by atoms with Crippen LogP contribution in [0.5, 0.6) is 5.75 Å². The molecule has 0 saturated carbocycles. The van der Waals surface area contributed by atoms with Crippen LogP contribution in [-0.4, -0.2) is 30.3 Å². The average Bonchev–Trinajstić information content (AvgIpc) is 2.74. The summed E-state index contributed by atoms with van der Waals surface area (Å²) in [6.07, 6.45) is 1.32. The molecule has 4 nitrogen and oxygen atoms in total. The molecule has 1 aliphatic rings. The van der Waals surface area contributed by atoms with Crippen LogP contribution in [0.2, 0.25) is 0 Å². The third-order valence-electron chi connectivity index (χ3n) is 2.90. The Morgan fingerprint density at radius 3 is 3.00 bits per heavy atom. The number of carbonyl (C=O) groups is 1. The Hall–Kier alpha value is -1.55. The maximum absolute atomic E-state index is 10.6. The lowest BCUT2D eigenvalue weighted by Crippen LogP contribution is -2.20. The zero-order valence-electron chi connectivity index (χ0n) is 9.90. The van der Waals surface area contributed by atoms with Crippen molar-refractivity contribution in [2.24, 2.45) is 0 Å². The van der Waals surface area contributed by atoms with Crippen molar-refractivity contribution >= 4 is 5.97 Å². The summed E-state index contributed by atoms with van der Waals surface area (Å²) in [5.74, 6) is 0.0471. The number of benzene rings is 1. The molecule has 1 atom stereocenters. The molecule has 0 spiro atoms. The maximum Gasteiger partial charge on any atom is 0.307 e. The van der Waals surface area contributed by atoms with Crippen LogP contribution in [0.25, 0.3) is 0 Å². The highest BCUT2D eigenvalue weighted by molar-refractivity contribution is 5.70. The number of aliphatic carboxylic acids is 1. The minimum absolute atomic E-state index is 0.0616. The van der Waals surface area contributed by atoms with Gasteiger partial charge in [0.1, 0.15) is 11.9 Å². The summed E-state index contributed by atoms with van der Waals surface area (Å²) in [5, 5.41) is 12.0. The van der Waals surface area contributed by atoms with Gasteiger partial charge in [-0.25, -0.2) is 0 Å². The van der Waals surface area contributed by atoms with Crippen LogP contribution >= 0.6 is 0 Å². The highest BCUT2D eigenvalue weighted by atomic mass is 16.5. The van der Waals surface area contributed by atoms with Gasteiger partial charge in [-0.05, 0) is 37.1 Å². The third-order valence-corrected chi connectivity index (χ3v) is 2.90. The van der Waals surface area contributed by atoms with Gasteiger partial charge in [-0.2, -0.15) is 0 Å². The molecule has 2 rings (SSSR count). The van der Waals surface area contributed by atoms with Crippen LogP contribution in [0.1, 0.15) is 17.5 Å². The Kier molecular flexibility index (Phi) is 3.64. The maximum atomic E-state index is 10.6. The van der Waals surface area contributed by atoms with E-state index in [1.807, 2.05) is 25.1 Å². The molecular formula is C13H17NO3. The number of hydrogen-bond acceptors (Lipinski definition) is 3. The first kappa shape index (κ1) is 11.9. The monoisotopic (exact) mass is 235 g/mol. The minimum atomic E-state index is -0.807. The van der Waals surface area contributed by atoms with Gasteiger partial charge in [0.25, 0.3) is 0 Å². The smallest absolute Gasteiger partial charge is 0.307 e. The molecule has 1 aromatic carbocycles. The minimum Gasteiger partial charge on any atom is -0.489 e. The number of carboxylic acid groups (broad SMARTS) is 1. The molecule has 0 amide bonds. The van der Waals surface area contributed by atoms with E-state index in [-0.39, 0.29) is 12.5 Å². The van der Waals surface area contributed by atoms with E-state index in [2.05, 4.69) is 5.32 Å². The summed E-state index contributed by atoms with van der Waals surface area (Å²) in [7, 11) is 0. The van der Waals surface area contributed by atoms with E-state index in [0.717, 1.165) is 36.4 Å². The standard InChI is InChI=1S/C13H17NO3/c1-9-6-10(7-13(15)16)2-3-12(9)17-11-4-5-14-8-11/h2-3,6,11,14H,4-5,7-8H2,1H3,(H,15,16). The van der Waals surface area contributed by atoms with E-state index in [1.165, 1.54) is 0 Å². The van der Waals surface area contributed by atoms with Gasteiger partial charge < -0.3 is 15.2 Å². The Labute approximate surface area is 101 Å². The molecule has 1 heterocycles. The van der Waals surface area contributed by atoms with Crippen LogP contribution in [0.4, 0.5) is 0 Å². The van der Waals surface area contributed by atoms with Crippen LogP contribution in [-0.2, 0) is 11.2 Å². The summed E-state index contributed by atoms with van der Waals surface area (Å²) in [4.78, 5) is 10.6. The second-order valence-corrected chi connectivity index (χ2v) is 4.40. The van der Waals surface area contributed by atoms with Crippen molar-refractivity contribution in [3.05, 3.63) is 29.3 Å². The molecule has 1 aliphatic heterocycles. The number of hydrogen-bond donors (Lipinski definition) is 2. The number of ether oxygens (including phenoxy) is 1. The van der Waals surface area contributed by atoms with Gasteiger partial charge in [-0.3, -0.25) is 4.79 Å². The lowest BCUT2D eigenvalue weighted by molar-refractivity contribution is -0.136. The molecule has 1 aromatic rings. The molecule has 0 aliphatic carbocycles. The van der Waals surface area contributed by atoms with Crippen molar-refractivity contribution in [3.8, 4) is 5.75 Å². The first-order chi connectivity index (χ1) is 8.15. The summed E-state index contributed by atoms with van der Waals surface area (Å²) < 4.78 is 5.86. The molecular weight excluding hydrogens is 218 g/mol. The molecule has 1 fully saturated rings. The fourth-order valence-corrected chi connectivity index (χ4v) is 2.04. The Bertz CT molecular complexity index is 411. The largest absolute Gasteiger partial charge is 0.489 e. The summed E-state index contributed by atoms with van der Waals surface area (Å²) in [6, 6.07) is 5.57. The predicted molar refractivity (Wildman–Crippen MR) is 64.4 cm³/mol. The lowest BCUT2D eigenvalue weighted by Gasteiger charge is -2.15. The zero-order chi connectivity index (χ0) is 12.3. The van der Waals surface area contributed by atoms with Gasteiger partial charge in [0.05, 0.1) is 6.42 Å². The van der Waals surface area contributed by atoms with Gasteiger partial charge in [-0.15, -0.1) is 0 Å². The molecule has 0 bridgehead atoms. The van der Waals surface area contributed by atoms with E-state index < -0.39 is 5.97 Å².